The lowest BCUT2D eigenvalue weighted by Gasteiger charge is -2.12. The molecule has 0 spiro atoms. The number of carboxylic acids is 1. The first-order valence-electron chi connectivity index (χ1n) is 4.20. The summed E-state index contributed by atoms with van der Waals surface area (Å²) in [6, 6.07) is 0. The molecule has 0 radical (unpaired) electrons. The minimum absolute atomic E-state index is 0.899. The van der Waals surface area contributed by atoms with Gasteiger partial charge in [0, 0.05) is 0 Å². The predicted octanol–water partition coefficient (Wildman–Crippen LogP) is 1.53. The van der Waals surface area contributed by atoms with Crippen molar-refractivity contribution in [2.45, 2.75) is 38.6 Å². The molecule has 0 aliphatic rings. The van der Waals surface area contributed by atoms with Crippen LogP contribution in [0, 0.1) is 0 Å². The van der Waals surface area contributed by atoms with Gasteiger partial charge in [0.1, 0.15) is 5.54 Å². The van der Waals surface area contributed by atoms with E-state index < -0.39 is 11.5 Å². The van der Waals surface area contributed by atoms with Gasteiger partial charge in [-0.1, -0.05) is 31.9 Å². The Morgan fingerprint density at radius 2 is 2.25 bits per heavy atom. The van der Waals surface area contributed by atoms with Crippen LogP contribution in [0.25, 0.3) is 0 Å². The molecule has 0 saturated heterocycles. The van der Waals surface area contributed by atoms with Crippen LogP contribution in [0.5, 0.6) is 0 Å². The second-order valence-electron chi connectivity index (χ2n) is 3.13. The lowest BCUT2D eigenvalue weighted by Crippen LogP contribution is -2.42. The predicted molar refractivity (Wildman–Crippen MR) is 48.9 cm³/mol. The Bertz CT molecular complexity index is 173. The van der Waals surface area contributed by atoms with Crippen molar-refractivity contribution in [1.82, 2.24) is 0 Å². The third-order valence-corrected chi connectivity index (χ3v) is 1.65. The molecule has 0 aromatic heterocycles. The molecule has 1 atom stereocenters. The van der Waals surface area contributed by atoms with Crippen molar-refractivity contribution in [1.29, 1.82) is 0 Å². The van der Waals surface area contributed by atoms with Crippen molar-refractivity contribution < 1.29 is 9.90 Å². The highest BCUT2D eigenvalue weighted by Gasteiger charge is 2.23. The van der Waals surface area contributed by atoms with Crippen LogP contribution in [0.2, 0.25) is 0 Å². The van der Waals surface area contributed by atoms with Crippen molar-refractivity contribution in [2.75, 3.05) is 0 Å². The van der Waals surface area contributed by atoms with E-state index in [1.165, 1.54) is 6.92 Å². The Morgan fingerprint density at radius 3 is 2.67 bits per heavy atom. The van der Waals surface area contributed by atoms with Crippen LogP contribution in [0.1, 0.15) is 33.1 Å². The second kappa shape index (κ2) is 4.93. The molecule has 0 heterocycles. The highest BCUT2D eigenvalue weighted by atomic mass is 16.4. The van der Waals surface area contributed by atoms with Gasteiger partial charge in [0.2, 0.25) is 0 Å². The summed E-state index contributed by atoms with van der Waals surface area (Å²) in [6.45, 7) is 3.57. The van der Waals surface area contributed by atoms with Gasteiger partial charge in [-0.25, -0.2) is 4.79 Å². The van der Waals surface area contributed by atoms with Crippen molar-refractivity contribution in [2.24, 2.45) is 5.73 Å². The number of hydrogen-bond donors (Lipinski definition) is 2. The van der Waals surface area contributed by atoms with Gasteiger partial charge in [-0.15, -0.1) is 0 Å². The van der Waals surface area contributed by atoms with E-state index in [0.717, 1.165) is 19.3 Å². The van der Waals surface area contributed by atoms with Crippen molar-refractivity contribution in [3.05, 3.63) is 12.2 Å². The van der Waals surface area contributed by atoms with Crippen LogP contribution in [0.4, 0.5) is 0 Å². The average molecular weight is 171 g/mol. The maximum absolute atomic E-state index is 10.5. The minimum Gasteiger partial charge on any atom is -0.480 e. The Balaban J connectivity index is 3.88. The topological polar surface area (TPSA) is 63.3 Å². The molecule has 0 amide bonds. The van der Waals surface area contributed by atoms with Crippen LogP contribution >= 0.6 is 0 Å². The van der Waals surface area contributed by atoms with Gasteiger partial charge in [-0.05, 0) is 13.3 Å². The van der Waals surface area contributed by atoms with Crippen LogP contribution < -0.4 is 5.73 Å². The molecule has 0 bridgehead atoms. The number of carboxylic acid groups (broad SMARTS) is 1. The fourth-order valence-corrected chi connectivity index (χ4v) is 0.721. The highest BCUT2D eigenvalue weighted by Crippen LogP contribution is 2.03. The quantitative estimate of drug-likeness (QED) is 0.487. The van der Waals surface area contributed by atoms with Gasteiger partial charge in [0.15, 0.2) is 0 Å². The number of carbonyl (C=O) groups is 1. The first-order valence-corrected chi connectivity index (χ1v) is 4.20. The standard InChI is InChI=1S/C9H17NO2/c1-3-4-5-6-7-9(2,10)8(11)12/h6-7H,3-5,10H2,1-2H3,(H,11,12)/t9-/m1/s1. The average Bonchev–Trinajstić information content (AvgIpc) is 1.98. The number of nitrogens with two attached hydrogens (primary N) is 1. The van der Waals surface area contributed by atoms with Gasteiger partial charge in [0.25, 0.3) is 0 Å². The summed E-state index contributed by atoms with van der Waals surface area (Å²) >= 11 is 0. The molecule has 70 valence electrons. The fourth-order valence-electron chi connectivity index (χ4n) is 0.721. The van der Waals surface area contributed by atoms with E-state index in [1.54, 1.807) is 6.08 Å². The van der Waals surface area contributed by atoms with E-state index in [1.807, 2.05) is 6.08 Å². The van der Waals surface area contributed by atoms with Crippen LogP contribution in [0.15, 0.2) is 12.2 Å². The Morgan fingerprint density at radius 1 is 1.67 bits per heavy atom. The number of allylic oxidation sites excluding steroid dienone is 1. The molecule has 0 rings (SSSR count). The summed E-state index contributed by atoms with van der Waals surface area (Å²) in [5.41, 5.74) is 4.24. The molecule has 0 saturated carbocycles. The lowest BCUT2D eigenvalue weighted by molar-refractivity contribution is -0.140. The highest BCUT2D eigenvalue weighted by molar-refractivity contribution is 5.80. The second-order valence-corrected chi connectivity index (χ2v) is 3.13. The first-order chi connectivity index (χ1) is 5.50. The smallest absolute Gasteiger partial charge is 0.327 e. The summed E-state index contributed by atoms with van der Waals surface area (Å²) in [4.78, 5) is 10.5. The zero-order valence-corrected chi connectivity index (χ0v) is 7.71. The molecule has 0 unspecified atom stereocenters. The molecule has 0 aliphatic heterocycles. The maximum atomic E-state index is 10.5. The number of rotatable bonds is 5. The van der Waals surface area contributed by atoms with Gasteiger partial charge in [-0.3, -0.25) is 0 Å². The molecule has 0 aromatic carbocycles. The monoisotopic (exact) mass is 171 g/mol. The zero-order chi connectivity index (χ0) is 9.61. The molecule has 0 aliphatic carbocycles. The molecule has 3 nitrogen and oxygen atoms in total. The summed E-state index contributed by atoms with van der Waals surface area (Å²) in [6.07, 6.45) is 6.46. The van der Waals surface area contributed by atoms with Crippen molar-refractivity contribution >= 4 is 5.97 Å². The van der Waals surface area contributed by atoms with Crippen molar-refractivity contribution in [3.8, 4) is 0 Å². The SMILES string of the molecule is CCCCC=C[C@@](C)(N)C(=O)O. The third kappa shape index (κ3) is 4.13. The zero-order valence-electron chi connectivity index (χ0n) is 7.71. The van der Waals surface area contributed by atoms with Gasteiger partial charge < -0.3 is 10.8 Å². The molecular weight excluding hydrogens is 154 g/mol. The molecule has 3 heteroatoms. The lowest BCUT2D eigenvalue weighted by atomic mass is 10.0. The third-order valence-electron chi connectivity index (χ3n) is 1.65. The number of hydrogen-bond acceptors (Lipinski definition) is 2. The number of unbranched alkanes of at least 4 members (excludes halogenated alkanes) is 2. The first kappa shape index (κ1) is 11.2. The van der Waals surface area contributed by atoms with E-state index in [-0.39, 0.29) is 0 Å². The van der Waals surface area contributed by atoms with Gasteiger partial charge in [-0.2, -0.15) is 0 Å². The summed E-state index contributed by atoms with van der Waals surface area (Å²) in [5.74, 6) is -0.991. The van der Waals surface area contributed by atoms with E-state index >= 15 is 0 Å². The Kier molecular flexibility index (Phi) is 4.59. The molecule has 0 fully saturated rings. The Hall–Kier alpha value is -0.830. The minimum atomic E-state index is -1.21. The van der Waals surface area contributed by atoms with E-state index in [0.29, 0.717) is 0 Å². The van der Waals surface area contributed by atoms with E-state index in [4.69, 9.17) is 10.8 Å². The van der Waals surface area contributed by atoms with E-state index in [9.17, 15) is 4.79 Å². The van der Waals surface area contributed by atoms with E-state index in [2.05, 4.69) is 6.92 Å². The summed E-state index contributed by atoms with van der Waals surface area (Å²) in [7, 11) is 0. The number of aliphatic carboxylic acids is 1. The molecule has 3 N–H and O–H groups in total. The summed E-state index contributed by atoms with van der Waals surface area (Å²) in [5, 5.41) is 8.62. The van der Waals surface area contributed by atoms with Crippen molar-refractivity contribution in [3.63, 3.8) is 0 Å². The fraction of sp³-hybridized carbons (Fsp3) is 0.667. The maximum Gasteiger partial charge on any atom is 0.327 e. The molecule has 12 heavy (non-hydrogen) atoms. The van der Waals surface area contributed by atoms with Crippen LogP contribution in [-0.4, -0.2) is 16.6 Å². The largest absolute Gasteiger partial charge is 0.480 e. The van der Waals surface area contributed by atoms with Crippen LogP contribution in [-0.2, 0) is 4.79 Å². The van der Waals surface area contributed by atoms with Crippen LogP contribution in [0.3, 0.4) is 0 Å². The summed E-state index contributed by atoms with van der Waals surface area (Å²) < 4.78 is 0. The molecular formula is C9H17NO2. The van der Waals surface area contributed by atoms with Gasteiger partial charge in [0.05, 0.1) is 0 Å². The Labute approximate surface area is 73.3 Å². The molecule has 0 aromatic rings. The van der Waals surface area contributed by atoms with Gasteiger partial charge >= 0.3 is 5.97 Å². The normalized spacial score (nSPS) is 16.2.